The molecule has 0 saturated carbocycles. The largest absolute Gasteiger partial charge is 0.383 e. The molecule has 2 atom stereocenters. The normalized spacial score (nSPS) is 19.1. The summed E-state index contributed by atoms with van der Waals surface area (Å²) in [7, 11) is 1.67. The van der Waals surface area contributed by atoms with Crippen molar-refractivity contribution in [2.45, 2.75) is 25.0 Å². The van der Waals surface area contributed by atoms with Gasteiger partial charge in [0.25, 0.3) is 0 Å². The minimum Gasteiger partial charge on any atom is -0.383 e. The van der Waals surface area contributed by atoms with Gasteiger partial charge in [0.05, 0.1) is 24.2 Å². The first-order valence-electron chi connectivity index (χ1n) is 11.2. The van der Waals surface area contributed by atoms with E-state index in [-0.39, 0.29) is 35.0 Å². The molecular formula is C25H24ClF2N5OS. The molecule has 0 unspecified atom stereocenters. The number of ether oxygens (including phenoxy) is 1. The minimum atomic E-state index is -0.300. The zero-order valence-electron chi connectivity index (χ0n) is 19.2. The van der Waals surface area contributed by atoms with E-state index in [2.05, 4.69) is 31.7 Å². The van der Waals surface area contributed by atoms with Crippen LogP contribution in [-0.4, -0.2) is 58.7 Å². The lowest BCUT2D eigenvalue weighted by atomic mass is 9.93. The maximum Gasteiger partial charge on any atom is 0.225 e. The second kappa shape index (κ2) is 10.1. The van der Waals surface area contributed by atoms with Crippen LogP contribution in [0.2, 0.25) is 5.28 Å². The Labute approximate surface area is 211 Å². The number of halogens is 3. The van der Waals surface area contributed by atoms with Crippen LogP contribution in [0.4, 0.5) is 14.6 Å². The Kier molecular flexibility index (Phi) is 6.93. The van der Waals surface area contributed by atoms with Crippen molar-refractivity contribution in [3.05, 3.63) is 82.1 Å². The van der Waals surface area contributed by atoms with Gasteiger partial charge in [0, 0.05) is 26.2 Å². The summed E-state index contributed by atoms with van der Waals surface area (Å²) in [5.74, 6) is 0.104. The first-order chi connectivity index (χ1) is 16.9. The highest BCUT2D eigenvalue weighted by molar-refractivity contribution is 7.16. The molecule has 1 aliphatic heterocycles. The number of methoxy groups -OCH3 is 1. The summed E-state index contributed by atoms with van der Waals surface area (Å²) < 4.78 is 33.2. The second-order valence-corrected chi connectivity index (χ2v) is 9.81. The summed E-state index contributed by atoms with van der Waals surface area (Å²) in [5, 5.41) is 0.185. The number of rotatable bonds is 6. The number of benzene rings is 2. The molecule has 182 valence electrons. The Bertz CT molecular complexity index is 1260. The van der Waals surface area contributed by atoms with E-state index in [1.165, 1.54) is 35.6 Å². The van der Waals surface area contributed by atoms with Gasteiger partial charge in [0.1, 0.15) is 17.2 Å². The smallest absolute Gasteiger partial charge is 0.225 e. The fraction of sp³-hybridized carbons (Fsp3) is 0.320. The van der Waals surface area contributed by atoms with E-state index in [4.69, 9.17) is 16.3 Å². The van der Waals surface area contributed by atoms with Crippen LogP contribution in [-0.2, 0) is 4.74 Å². The summed E-state index contributed by atoms with van der Waals surface area (Å²) in [6, 6.07) is 12.8. The fourth-order valence-corrected chi connectivity index (χ4v) is 5.67. The van der Waals surface area contributed by atoms with Crippen LogP contribution in [0, 0.1) is 11.6 Å². The van der Waals surface area contributed by atoms with Crippen LogP contribution in [0.1, 0.15) is 24.1 Å². The molecule has 4 aromatic rings. The predicted molar refractivity (Wildman–Crippen MR) is 134 cm³/mol. The summed E-state index contributed by atoms with van der Waals surface area (Å²) in [4.78, 5) is 18.6. The number of fused-ring (bicyclic) bond motifs is 1. The molecule has 1 saturated heterocycles. The average molecular weight is 516 g/mol. The predicted octanol–water partition coefficient (Wildman–Crippen LogP) is 5.33. The average Bonchev–Trinajstić information content (AvgIpc) is 3.31. The van der Waals surface area contributed by atoms with Gasteiger partial charge in [-0.1, -0.05) is 24.3 Å². The zero-order chi connectivity index (χ0) is 24.5. The van der Waals surface area contributed by atoms with Gasteiger partial charge < -0.3 is 9.64 Å². The Balaban J connectivity index is 1.55. The van der Waals surface area contributed by atoms with E-state index in [0.717, 1.165) is 21.5 Å². The zero-order valence-corrected chi connectivity index (χ0v) is 20.8. The summed E-state index contributed by atoms with van der Waals surface area (Å²) >= 11 is 7.67. The van der Waals surface area contributed by atoms with Gasteiger partial charge in [-0.15, -0.1) is 11.3 Å². The molecule has 2 aromatic heterocycles. The molecule has 1 fully saturated rings. The molecule has 0 amide bonds. The SMILES string of the molecule is COC[C@@H]1CN(c2nc(Cl)nc3scnc23)[C@@H](C)CN1C(c1ccc(F)cc1)c1ccc(F)cc1. The van der Waals surface area contributed by atoms with Gasteiger partial charge >= 0.3 is 0 Å². The highest BCUT2D eigenvalue weighted by Gasteiger charge is 2.38. The first-order valence-corrected chi connectivity index (χ1v) is 12.5. The molecular weight excluding hydrogens is 492 g/mol. The topological polar surface area (TPSA) is 54.4 Å². The van der Waals surface area contributed by atoms with Crippen molar-refractivity contribution in [3.63, 3.8) is 0 Å². The molecule has 0 bridgehead atoms. The van der Waals surface area contributed by atoms with Crippen molar-refractivity contribution in [1.82, 2.24) is 19.9 Å². The third-order valence-corrected chi connectivity index (χ3v) is 7.26. The van der Waals surface area contributed by atoms with Gasteiger partial charge in [-0.25, -0.2) is 18.7 Å². The highest BCUT2D eigenvalue weighted by atomic mass is 35.5. The molecule has 0 radical (unpaired) electrons. The molecule has 6 nitrogen and oxygen atoms in total. The quantitative estimate of drug-likeness (QED) is 0.323. The van der Waals surface area contributed by atoms with Crippen molar-refractivity contribution in [2.24, 2.45) is 0 Å². The molecule has 0 aliphatic carbocycles. The van der Waals surface area contributed by atoms with E-state index in [0.29, 0.717) is 25.5 Å². The molecule has 10 heteroatoms. The maximum absolute atomic E-state index is 13.8. The van der Waals surface area contributed by atoms with Gasteiger partial charge in [0.2, 0.25) is 5.28 Å². The van der Waals surface area contributed by atoms with Crippen LogP contribution in [0.5, 0.6) is 0 Å². The lowest BCUT2D eigenvalue weighted by molar-refractivity contribution is 0.0519. The Hall–Kier alpha value is -2.72. The fourth-order valence-electron chi connectivity index (χ4n) is 4.80. The van der Waals surface area contributed by atoms with Crippen LogP contribution >= 0.6 is 22.9 Å². The van der Waals surface area contributed by atoms with Crippen molar-refractivity contribution in [1.29, 1.82) is 0 Å². The minimum absolute atomic E-state index is 0.0428. The number of nitrogens with zero attached hydrogens (tertiary/aromatic N) is 5. The highest BCUT2D eigenvalue weighted by Crippen LogP contribution is 2.36. The standard InChI is InChI=1S/C25H24ClF2N5OS/c1-15-11-33(22(16-3-7-18(27)8-4-16)17-5-9-19(28)10-6-17)20(13-34-2)12-32(15)23-21-24(35-14-29-21)31-25(26)30-23/h3-10,14-15,20,22H,11-13H2,1-2H3/t15-,20-/m0/s1. The van der Waals surface area contributed by atoms with Crippen molar-refractivity contribution >= 4 is 39.1 Å². The van der Waals surface area contributed by atoms with Crippen LogP contribution in [0.25, 0.3) is 10.3 Å². The lowest BCUT2D eigenvalue weighted by Crippen LogP contribution is -2.60. The van der Waals surface area contributed by atoms with Crippen molar-refractivity contribution < 1.29 is 13.5 Å². The van der Waals surface area contributed by atoms with Crippen molar-refractivity contribution in [3.8, 4) is 0 Å². The van der Waals surface area contributed by atoms with Crippen LogP contribution < -0.4 is 4.90 Å². The molecule has 5 rings (SSSR count). The molecule has 35 heavy (non-hydrogen) atoms. The molecule has 3 heterocycles. The Morgan fingerprint density at radius 1 is 1.03 bits per heavy atom. The molecule has 2 aromatic carbocycles. The summed E-state index contributed by atoms with van der Waals surface area (Å²) in [6.45, 7) is 3.84. The van der Waals surface area contributed by atoms with Crippen LogP contribution in [0.3, 0.4) is 0 Å². The summed E-state index contributed by atoms with van der Waals surface area (Å²) in [6.07, 6.45) is 0. The number of thiazole rings is 1. The van der Waals surface area contributed by atoms with Gasteiger partial charge in [-0.3, -0.25) is 4.90 Å². The van der Waals surface area contributed by atoms with Crippen LogP contribution in [0.15, 0.2) is 54.0 Å². The monoisotopic (exact) mass is 515 g/mol. The van der Waals surface area contributed by atoms with E-state index in [1.807, 2.05) is 0 Å². The van der Waals surface area contributed by atoms with E-state index in [9.17, 15) is 8.78 Å². The number of hydrogen-bond acceptors (Lipinski definition) is 7. The second-order valence-electron chi connectivity index (χ2n) is 8.64. The molecule has 0 N–H and O–H groups in total. The third-order valence-electron chi connectivity index (χ3n) is 6.37. The van der Waals surface area contributed by atoms with E-state index in [1.54, 1.807) is 36.9 Å². The number of anilines is 1. The Morgan fingerprint density at radius 2 is 1.66 bits per heavy atom. The van der Waals surface area contributed by atoms with Crippen molar-refractivity contribution in [2.75, 3.05) is 31.7 Å². The number of hydrogen-bond donors (Lipinski definition) is 0. The maximum atomic E-state index is 13.8. The molecule has 1 aliphatic rings. The van der Waals surface area contributed by atoms with E-state index < -0.39 is 0 Å². The third kappa shape index (κ3) is 4.86. The number of aromatic nitrogens is 3. The lowest BCUT2D eigenvalue weighted by Gasteiger charge is -2.49. The van der Waals surface area contributed by atoms with Gasteiger partial charge in [-0.05, 0) is 53.9 Å². The Morgan fingerprint density at radius 3 is 2.26 bits per heavy atom. The van der Waals surface area contributed by atoms with Gasteiger partial charge in [0.15, 0.2) is 10.6 Å². The van der Waals surface area contributed by atoms with E-state index >= 15 is 0 Å². The number of piperazine rings is 1. The summed E-state index contributed by atoms with van der Waals surface area (Å²) in [5.41, 5.74) is 4.31. The first kappa shape index (κ1) is 24.0. The van der Waals surface area contributed by atoms with Gasteiger partial charge in [-0.2, -0.15) is 4.98 Å². The molecule has 0 spiro atoms.